The van der Waals surface area contributed by atoms with Crippen molar-refractivity contribution in [2.75, 3.05) is 33.4 Å². The summed E-state index contributed by atoms with van der Waals surface area (Å²) < 4.78 is 5.09. The molecule has 92 valence electrons. The number of hydrogen-bond donors (Lipinski definition) is 1. The molecule has 0 aromatic carbocycles. The average Bonchev–Trinajstić information content (AvgIpc) is 2.58. The predicted octanol–water partition coefficient (Wildman–Crippen LogP) is 1.54. The molecule has 0 saturated heterocycles. The van der Waals surface area contributed by atoms with Gasteiger partial charge in [0, 0.05) is 32.3 Å². The fraction of sp³-hybridized carbons (Fsp3) is 0.750. The molecule has 1 N–H and O–H groups in total. The van der Waals surface area contributed by atoms with Crippen LogP contribution in [0.25, 0.3) is 0 Å². The first-order valence-electron chi connectivity index (χ1n) is 5.90. The zero-order chi connectivity index (χ0) is 12.0. The second-order valence-electron chi connectivity index (χ2n) is 4.07. The number of hydrogen-bond acceptors (Lipinski definition) is 3. The van der Waals surface area contributed by atoms with E-state index in [0.29, 0.717) is 0 Å². The van der Waals surface area contributed by atoms with Crippen molar-refractivity contribution in [2.24, 2.45) is 0 Å². The molecule has 0 radical (unpaired) electrons. The van der Waals surface area contributed by atoms with E-state index in [1.165, 1.54) is 11.4 Å². The van der Waals surface area contributed by atoms with Gasteiger partial charge in [-0.15, -0.1) is 0 Å². The molecule has 0 aliphatic heterocycles. The molecule has 0 fully saturated rings. The van der Waals surface area contributed by atoms with Crippen LogP contribution in [0.5, 0.6) is 0 Å². The number of imidazole rings is 1. The van der Waals surface area contributed by atoms with Gasteiger partial charge in [0.15, 0.2) is 0 Å². The minimum Gasteiger partial charge on any atom is -0.383 e. The van der Waals surface area contributed by atoms with Gasteiger partial charge in [-0.25, -0.2) is 4.98 Å². The molecule has 1 rings (SSSR count). The zero-order valence-electron chi connectivity index (χ0n) is 10.8. The van der Waals surface area contributed by atoms with Crippen molar-refractivity contribution in [1.82, 2.24) is 14.9 Å². The maximum atomic E-state index is 5.09. The second-order valence-corrected chi connectivity index (χ2v) is 4.07. The molecule has 0 bridgehead atoms. The molecule has 1 aromatic rings. The smallest absolute Gasteiger partial charge is 0.103 e. The van der Waals surface area contributed by atoms with Crippen LogP contribution >= 0.6 is 0 Å². The van der Waals surface area contributed by atoms with Gasteiger partial charge in [-0.05, 0) is 20.4 Å². The summed E-state index contributed by atoms with van der Waals surface area (Å²) in [5, 5.41) is 0. The van der Waals surface area contributed by atoms with Crippen molar-refractivity contribution in [2.45, 2.75) is 27.2 Å². The van der Waals surface area contributed by atoms with E-state index >= 15 is 0 Å². The molecule has 0 amide bonds. The van der Waals surface area contributed by atoms with Crippen molar-refractivity contribution < 1.29 is 4.74 Å². The summed E-state index contributed by atoms with van der Waals surface area (Å²) in [6.07, 6.45) is 1.01. The minimum atomic E-state index is 0.798. The van der Waals surface area contributed by atoms with Gasteiger partial charge < -0.3 is 14.6 Å². The Morgan fingerprint density at radius 2 is 2.06 bits per heavy atom. The van der Waals surface area contributed by atoms with E-state index in [4.69, 9.17) is 4.74 Å². The lowest BCUT2D eigenvalue weighted by Gasteiger charge is -2.19. The predicted molar refractivity (Wildman–Crippen MR) is 65.8 cm³/mol. The molecule has 0 spiro atoms. The van der Waals surface area contributed by atoms with Gasteiger partial charge >= 0.3 is 0 Å². The molecular weight excluding hydrogens is 202 g/mol. The number of nitrogens with one attached hydrogen (secondary N) is 1. The Morgan fingerprint density at radius 3 is 2.56 bits per heavy atom. The fourth-order valence-corrected chi connectivity index (χ4v) is 1.81. The molecule has 4 nitrogen and oxygen atoms in total. The number of aromatic nitrogens is 2. The number of rotatable bonds is 7. The molecule has 0 aliphatic rings. The third-order valence-electron chi connectivity index (χ3n) is 2.83. The molecule has 0 atom stereocenters. The van der Waals surface area contributed by atoms with E-state index in [1.54, 1.807) is 7.11 Å². The molecule has 0 aliphatic carbocycles. The first kappa shape index (κ1) is 13.2. The van der Waals surface area contributed by atoms with Crippen LogP contribution in [-0.2, 0) is 11.2 Å². The van der Waals surface area contributed by atoms with E-state index in [1.807, 2.05) is 6.92 Å². The average molecular weight is 225 g/mol. The van der Waals surface area contributed by atoms with Gasteiger partial charge in [-0.1, -0.05) is 6.92 Å². The van der Waals surface area contributed by atoms with Crippen LogP contribution in [-0.4, -0.2) is 48.2 Å². The minimum absolute atomic E-state index is 0.798. The number of ether oxygens (including phenoxy) is 1. The number of aromatic amines is 1. The summed E-state index contributed by atoms with van der Waals surface area (Å²) in [6.45, 7) is 10.2. The first-order valence-corrected chi connectivity index (χ1v) is 5.90. The van der Waals surface area contributed by atoms with Crippen molar-refractivity contribution in [3.63, 3.8) is 0 Å². The van der Waals surface area contributed by atoms with E-state index in [9.17, 15) is 0 Å². The van der Waals surface area contributed by atoms with Crippen molar-refractivity contribution in [1.29, 1.82) is 0 Å². The van der Waals surface area contributed by atoms with Gasteiger partial charge in [-0.2, -0.15) is 0 Å². The van der Waals surface area contributed by atoms with Crippen LogP contribution in [0.1, 0.15) is 24.1 Å². The second kappa shape index (κ2) is 6.66. The summed E-state index contributed by atoms with van der Waals surface area (Å²) in [6, 6.07) is 0. The van der Waals surface area contributed by atoms with Gasteiger partial charge in [0.25, 0.3) is 0 Å². The summed E-state index contributed by atoms with van der Waals surface area (Å²) in [4.78, 5) is 10.1. The van der Waals surface area contributed by atoms with E-state index in [2.05, 4.69) is 28.7 Å². The summed E-state index contributed by atoms with van der Waals surface area (Å²) in [7, 11) is 1.75. The number of H-pyrrole nitrogens is 1. The van der Waals surface area contributed by atoms with Gasteiger partial charge in [0.1, 0.15) is 5.82 Å². The monoisotopic (exact) mass is 225 g/mol. The van der Waals surface area contributed by atoms with Crippen LogP contribution in [0.2, 0.25) is 0 Å². The maximum absolute atomic E-state index is 5.09. The Balaban J connectivity index is 2.39. The van der Waals surface area contributed by atoms with E-state index in [-0.39, 0.29) is 0 Å². The molecule has 1 heterocycles. The SMILES string of the molecule is CCN(CCOC)CCc1nc(C)[nH]c1C. The van der Waals surface area contributed by atoms with Crippen LogP contribution in [0.15, 0.2) is 0 Å². The number of methoxy groups -OCH3 is 1. The Morgan fingerprint density at radius 1 is 1.31 bits per heavy atom. The van der Waals surface area contributed by atoms with Crippen LogP contribution in [0.3, 0.4) is 0 Å². The Hall–Kier alpha value is -0.870. The van der Waals surface area contributed by atoms with E-state index < -0.39 is 0 Å². The van der Waals surface area contributed by atoms with Crippen molar-refractivity contribution in [3.8, 4) is 0 Å². The van der Waals surface area contributed by atoms with Crippen molar-refractivity contribution >= 4 is 0 Å². The number of nitrogens with zero attached hydrogens (tertiary/aromatic N) is 2. The summed E-state index contributed by atoms with van der Waals surface area (Å²) in [5.41, 5.74) is 2.38. The standard InChI is InChI=1S/C12H23N3O/c1-5-15(8-9-16-4)7-6-12-10(2)13-11(3)14-12/h5-9H2,1-4H3,(H,13,14). The number of aryl methyl sites for hydroxylation is 2. The third-order valence-corrected chi connectivity index (χ3v) is 2.83. The first-order chi connectivity index (χ1) is 7.67. The number of likely N-dealkylation sites (N-methyl/N-ethyl adjacent to an activating group) is 1. The van der Waals surface area contributed by atoms with Gasteiger partial charge in [0.05, 0.1) is 12.3 Å². The van der Waals surface area contributed by atoms with Crippen LogP contribution in [0.4, 0.5) is 0 Å². The topological polar surface area (TPSA) is 41.1 Å². The molecule has 4 heteroatoms. The Labute approximate surface area is 98.0 Å². The highest BCUT2D eigenvalue weighted by atomic mass is 16.5. The Bertz CT molecular complexity index is 309. The fourth-order valence-electron chi connectivity index (χ4n) is 1.81. The highest BCUT2D eigenvalue weighted by molar-refractivity contribution is 5.12. The third kappa shape index (κ3) is 3.94. The van der Waals surface area contributed by atoms with Crippen molar-refractivity contribution in [3.05, 3.63) is 17.2 Å². The van der Waals surface area contributed by atoms with E-state index in [0.717, 1.165) is 38.5 Å². The largest absolute Gasteiger partial charge is 0.383 e. The Kier molecular flexibility index (Phi) is 5.49. The summed E-state index contributed by atoms with van der Waals surface area (Å²) in [5.74, 6) is 1.01. The van der Waals surface area contributed by atoms with Crippen LogP contribution < -0.4 is 0 Å². The molecule has 0 unspecified atom stereocenters. The lowest BCUT2D eigenvalue weighted by molar-refractivity contribution is 0.151. The zero-order valence-corrected chi connectivity index (χ0v) is 10.8. The normalized spacial score (nSPS) is 11.3. The molecular formula is C12H23N3O. The highest BCUT2D eigenvalue weighted by Gasteiger charge is 2.07. The van der Waals surface area contributed by atoms with Gasteiger partial charge in [-0.3, -0.25) is 0 Å². The van der Waals surface area contributed by atoms with Crippen LogP contribution in [0, 0.1) is 13.8 Å². The summed E-state index contributed by atoms with van der Waals surface area (Å²) >= 11 is 0. The maximum Gasteiger partial charge on any atom is 0.103 e. The van der Waals surface area contributed by atoms with Gasteiger partial charge in [0.2, 0.25) is 0 Å². The lowest BCUT2D eigenvalue weighted by Crippen LogP contribution is -2.29. The lowest BCUT2D eigenvalue weighted by atomic mass is 10.2. The molecule has 1 aromatic heterocycles. The quantitative estimate of drug-likeness (QED) is 0.765. The highest BCUT2D eigenvalue weighted by Crippen LogP contribution is 2.05. The molecule has 0 saturated carbocycles. The molecule has 16 heavy (non-hydrogen) atoms.